The average Bonchev–Trinajstić information content (AvgIpc) is 2.92. The van der Waals surface area contributed by atoms with Gasteiger partial charge in [0.2, 0.25) is 0 Å². The summed E-state index contributed by atoms with van der Waals surface area (Å²) in [5.41, 5.74) is 7.14. The second-order valence-electron chi connectivity index (χ2n) is 8.62. The van der Waals surface area contributed by atoms with E-state index in [0.29, 0.717) is 42.4 Å². The fourth-order valence-corrected chi connectivity index (χ4v) is 4.00. The van der Waals surface area contributed by atoms with Gasteiger partial charge < -0.3 is 14.2 Å². The lowest BCUT2D eigenvalue weighted by molar-refractivity contribution is -0.123. The van der Waals surface area contributed by atoms with Crippen LogP contribution in [0.5, 0.6) is 17.2 Å². The van der Waals surface area contributed by atoms with Gasteiger partial charge in [-0.3, -0.25) is 9.78 Å². The van der Waals surface area contributed by atoms with Crippen molar-refractivity contribution in [2.24, 2.45) is 5.10 Å². The molecule has 1 aromatic heterocycles. The average molecular weight is 510 g/mol. The second-order valence-corrected chi connectivity index (χ2v) is 8.62. The summed E-state index contributed by atoms with van der Waals surface area (Å²) in [4.78, 5) is 16.7. The molecule has 0 spiro atoms. The fraction of sp³-hybridized carbons (Fsp3) is 0.194. The highest BCUT2D eigenvalue weighted by atomic mass is 16.5. The molecule has 1 heterocycles. The van der Waals surface area contributed by atoms with E-state index < -0.39 is 0 Å². The predicted octanol–water partition coefficient (Wildman–Crippen LogP) is 5.78. The number of aromatic nitrogens is 1. The molecule has 3 aromatic carbocycles. The summed E-state index contributed by atoms with van der Waals surface area (Å²) in [5, 5.41) is 5.05. The summed E-state index contributed by atoms with van der Waals surface area (Å²) < 4.78 is 17.8. The number of carbonyl (C=O) groups is 1. The quantitative estimate of drug-likeness (QED) is 0.149. The Kier molecular flexibility index (Phi) is 9.07. The van der Waals surface area contributed by atoms with Crippen LogP contribution in [0.4, 0.5) is 0 Å². The van der Waals surface area contributed by atoms with Crippen molar-refractivity contribution in [1.82, 2.24) is 10.4 Å². The first-order chi connectivity index (χ1) is 18.6. The molecule has 1 N–H and O–H groups in total. The molecular weight excluding hydrogens is 478 g/mol. The highest BCUT2D eigenvalue weighted by molar-refractivity contribution is 5.86. The molecule has 0 saturated carbocycles. The van der Waals surface area contributed by atoms with Crippen molar-refractivity contribution in [2.45, 2.75) is 26.9 Å². The minimum atomic E-state index is -0.386. The Morgan fingerprint density at radius 2 is 1.87 bits per heavy atom. The van der Waals surface area contributed by atoms with Crippen LogP contribution < -0.4 is 19.6 Å². The van der Waals surface area contributed by atoms with Crippen molar-refractivity contribution in [3.8, 4) is 17.2 Å². The van der Waals surface area contributed by atoms with Crippen molar-refractivity contribution in [3.63, 3.8) is 0 Å². The van der Waals surface area contributed by atoms with Gasteiger partial charge in [0.05, 0.1) is 12.8 Å². The van der Waals surface area contributed by atoms with Crippen molar-refractivity contribution >= 4 is 23.0 Å². The van der Waals surface area contributed by atoms with E-state index in [2.05, 4.69) is 41.1 Å². The molecule has 0 bridgehead atoms. The summed E-state index contributed by atoms with van der Waals surface area (Å²) >= 11 is 0. The Balaban J connectivity index is 1.43. The minimum absolute atomic E-state index is 0.190. The maximum atomic E-state index is 12.4. The van der Waals surface area contributed by atoms with Gasteiger partial charge in [-0.15, -0.1) is 6.58 Å². The molecule has 0 saturated heterocycles. The van der Waals surface area contributed by atoms with Crippen LogP contribution in [0.15, 0.2) is 90.7 Å². The summed E-state index contributed by atoms with van der Waals surface area (Å²) in [6.45, 7) is 8.56. The Bertz CT molecular complexity index is 1440. The monoisotopic (exact) mass is 509 g/mol. The van der Waals surface area contributed by atoms with Crippen molar-refractivity contribution < 1.29 is 19.0 Å². The minimum Gasteiger partial charge on any atom is -0.490 e. The van der Waals surface area contributed by atoms with Crippen LogP contribution in [0.2, 0.25) is 0 Å². The van der Waals surface area contributed by atoms with Gasteiger partial charge in [0.15, 0.2) is 18.1 Å². The zero-order valence-corrected chi connectivity index (χ0v) is 21.6. The van der Waals surface area contributed by atoms with E-state index in [0.717, 1.165) is 22.1 Å². The smallest absolute Gasteiger partial charge is 0.277 e. The van der Waals surface area contributed by atoms with Crippen molar-refractivity contribution in [3.05, 3.63) is 108 Å². The van der Waals surface area contributed by atoms with Gasteiger partial charge in [-0.2, -0.15) is 5.10 Å². The maximum Gasteiger partial charge on any atom is 0.277 e. The van der Waals surface area contributed by atoms with Crippen LogP contribution in [0.25, 0.3) is 10.9 Å². The van der Waals surface area contributed by atoms with Crippen molar-refractivity contribution in [2.75, 3.05) is 13.2 Å². The first-order valence-electron chi connectivity index (χ1n) is 12.4. The molecule has 7 nitrogen and oxygen atoms in total. The normalized spacial score (nSPS) is 10.9. The van der Waals surface area contributed by atoms with E-state index in [4.69, 9.17) is 14.2 Å². The van der Waals surface area contributed by atoms with E-state index in [1.165, 1.54) is 5.56 Å². The number of ether oxygens (including phenoxy) is 3. The van der Waals surface area contributed by atoms with Gasteiger partial charge in [0.25, 0.3) is 5.91 Å². The zero-order valence-electron chi connectivity index (χ0n) is 21.6. The van der Waals surface area contributed by atoms with Gasteiger partial charge in [-0.1, -0.05) is 54.1 Å². The third kappa shape index (κ3) is 6.97. The largest absolute Gasteiger partial charge is 0.490 e. The van der Waals surface area contributed by atoms with E-state index in [9.17, 15) is 4.79 Å². The summed E-state index contributed by atoms with van der Waals surface area (Å²) in [6.07, 6.45) is 5.66. The maximum absolute atomic E-state index is 12.4. The lowest BCUT2D eigenvalue weighted by Gasteiger charge is -2.17. The SMILES string of the molecule is C=CCc1cc(/C=N/NC(=O)COc2cccc3cccnc23)cc(OCC)c1OCc1cccc(C)c1. The van der Waals surface area contributed by atoms with Crippen LogP contribution >= 0.6 is 0 Å². The summed E-state index contributed by atoms with van der Waals surface area (Å²) in [5.74, 6) is 1.44. The molecule has 0 aliphatic carbocycles. The molecule has 0 aliphatic heterocycles. The number of nitrogens with zero attached hydrogens (tertiary/aromatic N) is 2. The van der Waals surface area contributed by atoms with E-state index in [1.54, 1.807) is 18.5 Å². The lowest BCUT2D eigenvalue weighted by atomic mass is 10.1. The fourth-order valence-electron chi connectivity index (χ4n) is 4.00. The molecule has 4 aromatic rings. The van der Waals surface area contributed by atoms with Crippen LogP contribution in [-0.2, 0) is 17.8 Å². The molecule has 0 radical (unpaired) electrons. The number of para-hydroxylation sites is 1. The number of pyridine rings is 1. The predicted molar refractivity (Wildman–Crippen MR) is 150 cm³/mol. The number of carbonyl (C=O) groups excluding carboxylic acids is 1. The van der Waals surface area contributed by atoms with Gasteiger partial charge in [0, 0.05) is 17.1 Å². The standard InChI is InChI=1S/C31H31N3O4/c1-4-9-26-17-24(18-28(36-5-2)31(26)38-20-23-11-6-10-22(3)16-23)19-33-34-29(35)21-37-27-14-7-12-25-13-8-15-32-30(25)27/h4,6-8,10-19H,1,5,9,20-21H2,2-3H3,(H,34,35)/b33-19+. The van der Waals surface area contributed by atoms with E-state index >= 15 is 0 Å². The summed E-state index contributed by atoms with van der Waals surface area (Å²) in [7, 11) is 0. The van der Waals surface area contributed by atoms with Crippen molar-refractivity contribution in [1.29, 1.82) is 0 Å². The van der Waals surface area contributed by atoms with Crippen LogP contribution in [-0.4, -0.2) is 30.3 Å². The second kappa shape index (κ2) is 13.1. The Hall–Kier alpha value is -4.65. The first kappa shape index (κ1) is 26.4. The number of fused-ring (bicyclic) bond motifs is 1. The first-order valence-corrected chi connectivity index (χ1v) is 12.4. The number of allylic oxidation sites excluding steroid dienone is 1. The van der Waals surface area contributed by atoms with Gasteiger partial charge in [-0.05, 0) is 55.7 Å². The van der Waals surface area contributed by atoms with Crippen LogP contribution in [0.1, 0.15) is 29.2 Å². The molecule has 7 heteroatoms. The number of benzene rings is 3. The van der Waals surface area contributed by atoms with E-state index in [-0.39, 0.29) is 12.5 Å². The Morgan fingerprint density at radius 1 is 1.03 bits per heavy atom. The summed E-state index contributed by atoms with van der Waals surface area (Å²) in [6, 6.07) is 21.4. The molecular formula is C31H31N3O4. The van der Waals surface area contributed by atoms with Crippen LogP contribution in [0.3, 0.4) is 0 Å². The molecule has 194 valence electrons. The van der Waals surface area contributed by atoms with Gasteiger partial charge in [0.1, 0.15) is 17.9 Å². The number of amides is 1. The van der Waals surface area contributed by atoms with Gasteiger partial charge in [-0.25, -0.2) is 5.43 Å². The molecule has 38 heavy (non-hydrogen) atoms. The highest BCUT2D eigenvalue weighted by Gasteiger charge is 2.14. The Labute approximate surface area is 222 Å². The number of hydrogen-bond donors (Lipinski definition) is 1. The number of rotatable bonds is 12. The number of aryl methyl sites for hydroxylation is 1. The van der Waals surface area contributed by atoms with Crippen LogP contribution in [0, 0.1) is 6.92 Å². The van der Waals surface area contributed by atoms with Gasteiger partial charge >= 0.3 is 0 Å². The molecule has 0 aliphatic rings. The highest BCUT2D eigenvalue weighted by Crippen LogP contribution is 2.34. The third-order valence-electron chi connectivity index (χ3n) is 5.64. The van der Waals surface area contributed by atoms with E-state index in [1.807, 2.05) is 61.5 Å². The molecule has 4 rings (SSSR count). The molecule has 0 unspecified atom stereocenters. The molecule has 0 fully saturated rings. The topological polar surface area (TPSA) is 82.0 Å². The zero-order chi connectivity index (χ0) is 26.7. The number of nitrogens with one attached hydrogen (secondary N) is 1. The Morgan fingerprint density at radius 3 is 2.68 bits per heavy atom. The molecule has 0 atom stereocenters. The number of hydrogen-bond acceptors (Lipinski definition) is 6. The third-order valence-corrected chi connectivity index (χ3v) is 5.64. The number of hydrazone groups is 1. The lowest BCUT2D eigenvalue weighted by Crippen LogP contribution is -2.24. The molecule has 1 amide bonds.